The Labute approximate surface area is 117 Å². The molecule has 3 rings (SSSR count). The Morgan fingerprint density at radius 2 is 1.70 bits per heavy atom. The highest BCUT2D eigenvalue weighted by Gasteiger charge is 2.02. The number of benzene rings is 2. The summed E-state index contributed by atoms with van der Waals surface area (Å²) in [7, 11) is 0. The summed E-state index contributed by atoms with van der Waals surface area (Å²) in [6, 6.07) is 16.3. The molecular formula is C16H16N4. The summed E-state index contributed by atoms with van der Waals surface area (Å²) < 4.78 is 0. The molecule has 4 heteroatoms. The first-order valence-electron chi connectivity index (χ1n) is 6.59. The zero-order valence-corrected chi connectivity index (χ0v) is 11.1. The first kappa shape index (κ1) is 12.6. The van der Waals surface area contributed by atoms with E-state index in [0.717, 1.165) is 28.7 Å². The van der Waals surface area contributed by atoms with Gasteiger partial charge in [0.05, 0.1) is 17.4 Å². The van der Waals surface area contributed by atoms with Crippen LogP contribution in [0.5, 0.6) is 0 Å². The van der Waals surface area contributed by atoms with E-state index in [0.29, 0.717) is 6.54 Å². The average Bonchev–Trinajstić information content (AvgIpc) is 2.53. The highest BCUT2D eigenvalue weighted by molar-refractivity contribution is 5.90. The lowest BCUT2D eigenvalue weighted by Crippen LogP contribution is -2.02. The van der Waals surface area contributed by atoms with Gasteiger partial charge in [-0.1, -0.05) is 42.5 Å². The van der Waals surface area contributed by atoms with Crippen molar-refractivity contribution in [3.63, 3.8) is 0 Å². The molecule has 0 atom stereocenters. The Morgan fingerprint density at radius 1 is 0.950 bits per heavy atom. The predicted octanol–water partition coefficient (Wildman–Crippen LogP) is 2.70. The van der Waals surface area contributed by atoms with Crippen molar-refractivity contribution in [2.24, 2.45) is 5.73 Å². The Morgan fingerprint density at radius 3 is 2.50 bits per heavy atom. The zero-order valence-electron chi connectivity index (χ0n) is 11.1. The normalized spacial score (nSPS) is 10.7. The van der Waals surface area contributed by atoms with Crippen molar-refractivity contribution >= 4 is 16.6 Å². The van der Waals surface area contributed by atoms with Gasteiger partial charge in [-0.05, 0) is 17.2 Å². The third-order valence-electron chi connectivity index (χ3n) is 3.29. The first-order chi connectivity index (χ1) is 9.86. The summed E-state index contributed by atoms with van der Waals surface area (Å²) in [6.07, 6.45) is 1.76. The molecule has 3 aromatic rings. The van der Waals surface area contributed by atoms with Crippen LogP contribution in [0.3, 0.4) is 0 Å². The van der Waals surface area contributed by atoms with E-state index in [2.05, 4.69) is 39.8 Å². The highest BCUT2D eigenvalue weighted by Crippen LogP contribution is 2.20. The number of hydrogen-bond acceptors (Lipinski definition) is 4. The van der Waals surface area contributed by atoms with Gasteiger partial charge in [-0.25, -0.2) is 0 Å². The molecule has 0 unspecified atom stereocenters. The summed E-state index contributed by atoms with van der Waals surface area (Å²) in [5.41, 5.74) is 9.85. The molecule has 0 aliphatic rings. The van der Waals surface area contributed by atoms with E-state index in [4.69, 9.17) is 5.73 Å². The lowest BCUT2D eigenvalue weighted by Gasteiger charge is -2.09. The van der Waals surface area contributed by atoms with E-state index < -0.39 is 0 Å². The van der Waals surface area contributed by atoms with E-state index in [9.17, 15) is 0 Å². The van der Waals surface area contributed by atoms with Crippen molar-refractivity contribution in [2.45, 2.75) is 13.1 Å². The Kier molecular flexibility index (Phi) is 3.56. The third-order valence-corrected chi connectivity index (χ3v) is 3.29. The van der Waals surface area contributed by atoms with Gasteiger partial charge in [0, 0.05) is 18.5 Å². The number of rotatable bonds is 4. The molecule has 1 aromatic heterocycles. The molecule has 4 nitrogen and oxygen atoms in total. The van der Waals surface area contributed by atoms with Crippen molar-refractivity contribution in [2.75, 3.05) is 5.32 Å². The lowest BCUT2D eigenvalue weighted by atomic mass is 10.1. The van der Waals surface area contributed by atoms with E-state index in [-0.39, 0.29) is 0 Å². The molecule has 2 aromatic carbocycles. The monoisotopic (exact) mass is 264 g/mol. The Hall–Kier alpha value is -2.46. The van der Waals surface area contributed by atoms with Gasteiger partial charge >= 0.3 is 0 Å². The molecule has 0 amide bonds. The van der Waals surface area contributed by atoms with Gasteiger partial charge in [0.2, 0.25) is 0 Å². The smallest absolute Gasteiger partial charge is 0.0950 e. The number of fused-ring (bicyclic) bond motifs is 1. The SMILES string of the molecule is NCc1ccc(CNc2cnnc3ccccc23)cc1. The maximum absolute atomic E-state index is 5.60. The summed E-state index contributed by atoms with van der Waals surface area (Å²) in [5, 5.41) is 12.6. The lowest BCUT2D eigenvalue weighted by molar-refractivity contribution is 1.05. The predicted molar refractivity (Wildman–Crippen MR) is 81.2 cm³/mol. The number of aromatic nitrogens is 2. The summed E-state index contributed by atoms with van der Waals surface area (Å²) in [5.74, 6) is 0. The quantitative estimate of drug-likeness (QED) is 0.760. The highest BCUT2D eigenvalue weighted by atomic mass is 15.1. The molecule has 3 N–H and O–H groups in total. The maximum Gasteiger partial charge on any atom is 0.0950 e. The first-order valence-corrected chi connectivity index (χ1v) is 6.59. The summed E-state index contributed by atoms with van der Waals surface area (Å²) >= 11 is 0. The molecule has 100 valence electrons. The topological polar surface area (TPSA) is 63.8 Å². The summed E-state index contributed by atoms with van der Waals surface area (Å²) in [6.45, 7) is 1.33. The molecule has 0 aliphatic heterocycles. The molecular weight excluding hydrogens is 248 g/mol. The van der Waals surface area contributed by atoms with Gasteiger partial charge in [-0.15, -0.1) is 0 Å². The second kappa shape index (κ2) is 5.67. The second-order valence-electron chi connectivity index (χ2n) is 4.65. The number of anilines is 1. The third kappa shape index (κ3) is 2.60. The van der Waals surface area contributed by atoms with Crippen molar-refractivity contribution in [1.82, 2.24) is 10.2 Å². The summed E-state index contributed by atoms with van der Waals surface area (Å²) in [4.78, 5) is 0. The van der Waals surface area contributed by atoms with Gasteiger partial charge in [0.25, 0.3) is 0 Å². The van der Waals surface area contributed by atoms with Crippen LogP contribution >= 0.6 is 0 Å². The standard InChI is InChI=1S/C16H16N4/c17-9-12-5-7-13(8-6-12)10-18-16-11-19-20-15-4-2-1-3-14(15)16/h1-8,11H,9-10,17H2,(H,18,20). The van der Waals surface area contributed by atoms with Gasteiger partial charge < -0.3 is 11.1 Å². The molecule has 0 aliphatic carbocycles. The minimum absolute atomic E-state index is 0.576. The van der Waals surface area contributed by atoms with Crippen LogP contribution in [0.1, 0.15) is 11.1 Å². The van der Waals surface area contributed by atoms with Crippen LogP contribution in [0.25, 0.3) is 10.9 Å². The Bertz CT molecular complexity index is 702. The van der Waals surface area contributed by atoms with E-state index in [1.807, 2.05) is 24.3 Å². The number of nitrogens with one attached hydrogen (secondary N) is 1. The van der Waals surface area contributed by atoms with Gasteiger partial charge in [0.1, 0.15) is 0 Å². The fraction of sp³-hybridized carbons (Fsp3) is 0.125. The second-order valence-corrected chi connectivity index (χ2v) is 4.65. The molecule has 20 heavy (non-hydrogen) atoms. The molecule has 0 saturated carbocycles. The van der Waals surface area contributed by atoms with Crippen molar-refractivity contribution in [1.29, 1.82) is 0 Å². The number of nitrogens with two attached hydrogens (primary N) is 1. The molecule has 1 heterocycles. The van der Waals surface area contributed by atoms with E-state index >= 15 is 0 Å². The maximum atomic E-state index is 5.60. The number of nitrogens with zero attached hydrogens (tertiary/aromatic N) is 2. The van der Waals surface area contributed by atoms with Crippen LogP contribution < -0.4 is 11.1 Å². The van der Waals surface area contributed by atoms with E-state index in [1.54, 1.807) is 6.20 Å². The Balaban J connectivity index is 1.79. The van der Waals surface area contributed by atoms with Crippen LogP contribution in [-0.2, 0) is 13.1 Å². The fourth-order valence-corrected chi connectivity index (χ4v) is 2.14. The zero-order chi connectivity index (χ0) is 13.8. The van der Waals surface area contributed by atoms with Gasteiger partial charge in [0.15, 0.2) is 0 Å². The van der Waals surface area contributed by atoms with Crippen molar-refractivity contribution in [3.8, 4) is 0 Å². The average molecular weight is 264 g/mol. The molecule has 0 spiro atoms. The van der Waals surface area contributed by atoms with Crippen LogP contribution in [0.4, 0.5) is 5.69 Å². The molecule has 0 bridgehead atoms. The van der Waals surface area contributed by atoms with Gasteiger partial charge in [-0.2, -0.15) is 10.2 Å². The van der Waals surface area contributed by atoms with Crippen LogP contribution in [-0.4, -0.2) is 10.2 Å². The molecule has 0 fully saturated rings. The van der Waals surface area contributed by atoms with Crippen molar-refractivity contribution in [3.05, 3.63) is 65.9 Å². The van der Waals surface area contributed by atoms with E-state index in [1.165, 1.54) is 5.56 Å². The van der Waals surface area contributed by atoms with Crippen molar-refractivity contribution < 1.29 is 0 Å². The fourth-order valence-electron chi connectivity index (χ4n) is 2.14. The van der Waals surface area contributed by atoms with Crippen LogP contribution in [0.2, 0.25) is 0 Å². The van der Waals surface area contributed by atoms with Crippen LogP contribution in [0, 0.1) is 0 Å². The minimum Gasteiger partial charge on any atom is -0.379 e. The number of hydrogen-bond donors (Lipinski definition) is 2. The molecule has 0 saturated heterocycles. The minimum atomic E-state index is 0.576. The van der Waals surface area contributed by atoms with Crippen LogP contribution in [0.15, 0.2) is 54.7 Å². The molecule has 0 radical (unpaired) electrons. The van der Waals surface area contributed by atoms with Gasteiger partial charge in [-0.3, -0.25) is 0 Å². The largest absolute Gasteiger partial charge is 0.379 e.